The summed E-state index contributed by atoms with van der Waals surface area (Å²) in [6.45, 7) is -0.330. The number of nitrogens with two attached hydrogens (primary N) is 1. The first kappa shape index (κ1) is 10.3. The molecule has 0 amide bonds. The van der Waals surface area contributed by atoms with Gasteiger partial charge in [-0.3, -0.25) is 0 Å². The first-order valence-corrected chi connectivity index (χ1v) is 4.19. The molecule has 1 heterocycles. The Morgan fingerprint density at radius 3 is 2.62 bits per heavy atom. The van der Waals surface area contributed by atoms with E-state index in [1.54, 1.807) is 0 Å². The summed E-state index contributed by atoms with van der Waals surface area (Å²) in [5.74, 6) is 0. The lowest BCUT2D eigenvalue weighted by molar-refractivity contribution is 0.146. The number of pyridine rings is 1. The van der Waals surface area contributed by atoms with Crippen LogP contribution in [0.15, 0.2) is 10.7 Å². The molecule has 3 nitrogen and oxygen atoms in total. The Balaban J connectivity index is 3.20. The summed E-state index contributed by atoms with van der Waals surface area (Å²) in [5, 5.41) is 8.79. The van der Waals surface area contributed by atoms with Crippen LogP contribution in [-0.4, -0.2) is 10.1 Å². The van der Waals surface area contributed by atoms with Crippen LogP contribution in [0.1, 0.15) is 17.7 Å². The molecule has 0 aliphatic heterocycles. The second-order valence-electron chi connectivity index (χ2n) is 2.36. The summed E-state index contributed by atoms with van der Waals surface area (Å²) in [7, 11) is 0. The molecule has 0 radical (unpaired) electrons. The highest BCUT2D eigenvalue weighted by atomic mass is 79.9. The highest BCUT2D eigenvalue weighted by Gasteiger charge is 2.13. The number of aliphatic hydroxyl groups excluding tert-OH is 1. The third kappa shape index (κ3) is 2.13. The van der Waals surface area contributed by atoms with Gasteiger partial charge < -0.3 is 10.8 Å². The monoisotopic (exact) mass is 252 g/mol. The Hall–Kier alpha value is -0.750. The number of rotatable bonds is 2. The van der Waals surface area contributed by atoms with E-state index in [4.69, 9.17) is 10.8 Å². The van der Waals surface area contributed by atoms with Gasteiger partial charge in [-0.05, 0) is 22.0 Å². The zero-order chi connectivity index (χ0) is 10.0. The van der Waals surface area contributed by atoms with E-state index in [2.05, 4.69) is 20.9 Å². The first-order chi connectivity index (χ1) is 6.06. The van der Waals surface area contributed by atoms with Gasteiger partial charge in [-0.2, -0.15) is 0 Å². The van der Waals surface area contributed by atoms with Crippen LogP contribution in [0.25, 0.3) is 0 Å². The third-order valence-corrected chi connectivity index (χ3v) is 2.17. The van der Waals surface area contributed by atoms with Crippen molar-refractivity contribution >= 4 is 21.6 Å². The van der Waals surface area contributed by atoms with Gasteiger partial charge in [0.25, 0.3) is 6.43 Å². The second kappa shape index (κ2) is 3.97. The van der Waals surface area contributed by atoms with Crippen molar-refractivity contribution in [3.8, 4) is 0 Å². The zero-order valence-electron chi connectivity index (χ0n) is 6.47. The molecule has 0 atom stereocenters. The van der Waals surface area contributed by atoms with Gasteiger partial charge in [0.2, 0.25) is 0 Å². The summed E-state index contributed by atoms with van der Waals surface area (Å²) < 4.78 is 24.5. The van der Waals surface area contributed by atoms with Crippen molar-refractivity contribution in [3.05, 3.63) is 21.9 Å². The molecule has 0 fully saturated rings. The molecule has 13 heavy (non-hydrogen) atoms. The summed E-state index contributed by atoms with van der Waals surface area (Å²) in [4.78, 5) is 3.53. The Morgan fingerprint density at radius 1 is 1.62 bits per heavy atom. The fourth-order valence-electron chi connectivity index (χ4n) is 0.847. The Labute approximate surface area is 81.7 Å². The molecule has 3 N–H and O–H groups in total. The van der Waals surface area contributed by atoms with Crippen molar-refractivity contribution in [3.63, 3.8) is 0 Å². The van der Waals surface area contributed by atoms with Gasteiger partial charge in [0.15, 0.2) is 0 Å². The second-order valence-corrected chi connectivity index (χ2v) is 3.12. The van der Waals surface area contributed by atoms with E-state index in [1.807, 2.05) is 0 Å². The quantitative estimate of drug-likeness (QED) is 0.791. The van der Waals surface area contributed by atoms with E-state index in [0.29, 0.717) is 5.56 Å². The molecule has 0 bridgehead atoms. The highest BCUT2D eigenvalue weighted by Crippen LogP contribution is 2.26. The summed E-state index contributed by atoms with van der Waals surface area (Å²) in [6.07, 6.45) is -2.66. The van der Waals surface area contributed by atoms with Gasteiger partial charge in [0, 0.05) is 11.3 Å². The fraction of sp³-hybridized carbons (Fsp3) is 0.286. The highest BCUT2D eigenvalue weighted by molar-refractivity contribution is 9.10. The molecular formula is C7H7BrF2N2O. The van der Waals surface area contributed by atoms with Crippen LogP contribution >= 0.6 is 15.9 Å². The molecular weight excluding hydrogens is 246 g/mol. The van der Waals surface area contributed by atoms with E-state index in [1.165, 1.54) is 0 Å². The Morgan fingerprint density at radius 2 is 2.23 bits per heavy atom. The van der Waals surface area contributed by atoms with Crippen LogP contribution < -0.4 is 5.73 Å². The lowest BCUT2D eigenvalue weighted by Crippen LogP contribution is -2.01. The average Bonchev–Trinajstić information content (AvgIpc) is 2.03. The van der Waals surface area contributed by atoms with Crippen LogP contribution in [0.4, 0.5) is 14.5 Å². The van der Waals surface area contributed by atoms with E-state index in [-0.39, 0.29) is 16.9 Å². The number of alkyl halides is 2. The number of aromatic nitrogens is 1. The van der Waals surface area contributed by atoms with Crippen LogP contribution in [0.3, 0.4) is 0 Å². The van der Waals surface area contributed by atoms with E-state index in [9.17, 15) is 8.78 Å². The minimum absolute atomic E-state index is 0.111. The maximum Gasteiger partial charge on any atom is 0.280 e. The summed E-state index contributed by atoms with van der Waals surface area (Å²) in [6, 6.07) is 1.06. The van der Waals surface area contributed by atoms with Gasteiger partial charge >= 0.3 is 0 Å². The smallest absolute Gasteiger partial charge is 0.280 e. The van der Waals surface area contributed by atoms with E-state index in [0.717, 1.165) is 6.07 Å². The molecule has 0 aliphatic carbocycles. The number of hydrogen-bond donors (Lipinski definition) is 2. The minimum Gasteiger partial charge on any atom is -0.398 e. The SMILES string of the molecule is Nc1cc(C(F)F)nc(Br)c1CO. The molecule has 0 unspecified atom stereocenters. The number of nitrogens with zero attached hydrogens (tertiary/aromatic N) is 1. The van der Waals surface area contributed by atoms with Crippen LogP contribution in [-0.2, 0) is 6.61 Å². The molecule has 1 aromatic heterocycles. The van der Waals surface area contributed by atoms with E-state index >= 15 is 0 Å². The molecule has 1 rings (SSSR count). The van der Waals surface area contributed by atoms with Gasteiger partial charge in [0.05, 0.1) is 6.61 Å². The van der Waals surface area contributed by atoms with Crippen LogP contribution in [0.5, 0.6) is 0 Å². The third-order valence-electron chi connectivity index (χ3n) is 1.51. The molecule has 72 valence electrons. The molecule has 1 aromatic rings. The molecule has 0 saturated carbocycles. The van der Waals surface area contributed by atoms with Gasteiger partial charge in [-0.1, -0.05) is 0 Å². The maximum absolute atomic E-state index is 12.2. The molecule has 0 spiro atoms. The number of anilines is 1. The predicted molar refractivity (Wildman–Crippen MR) is 47.2 cm³/mol. The largest absolute Gasteiger partial charge is 0.398 e. The fourth-order valence-corrected chi connectivity index (χ4v) is 1.41. The lowest BCUT2D eigenvalue weighted by atomic mass is 10.2. The van der Waals surface area contributed by atoms with Crippen molar-refractivity contribution in [1.82, 2.24) is 4.98 Å². The van der Waals surface area contributed by atoms with Gasteiger partial charge in [-0.25, -0.2) is 13.8 Å². The maximum atomic E-state index is 12.2. The number of nitrogen functional groups attached to an aromatic ring is 1. The Bertz CT molecular complexity index is 296. The van der Waals surface area contributed by atoms with Crippen molar-refractivity contribution in [2.24, 2.45) is 0 Å². The van der Waals surface area contributed by atoms with Crippen molar-refractivity contribution < 1.29 is 13.9 Å². The van der Waals surface area contributed by atoms with Crippen LogP contribution in [0, 0.1) is 0 Å². The molecule has 6 heteroatoms. The zero-order valence-corrected chi connectivity index (χ0v) is 8.05. The van der Waals surface area contributed by atoms with Gasteiger partial charge in [0.1, 0.15) is 10.3 Å². The lowest BCUT2D eigenvalue weighted by Gasteiger charge is -2.07. The minimum atomic E-state index is -2.66. The standard InChI is InChI=1S/C7H7BrF2N2O/c8-6-3(2-13)4(11)1-5(12-6)7(9)10/h1,7,13H,2H2,(H2,11,12). The molecule has 0 aliphatic rings. The van der Waals surface area contributed by atoms with Crippen molar-refractivity contribution in [2.75, 3.05) is 5.73 Å². The van der Waals surface area contributed by atoms with Crippen molar-refractivity contribution in [2.45, 2.75) is 13.0 Å². The number of aliphatic hydroxyl groups is 1. The number of hydrogen-bond acceptors (Lipinski definition) is 3. The first-order valence-electron chi connectivity index (χ1n) is 3.40. The number of halogens is 3. The summed E-state index contributed by atoms with van der Waals surface area (Å²) in [5.41, 5.74) is 5.44. The normalized spacial score (nSPS) is 10.8. The molecule has 0 aromatic carbocycles. The average molecular weight is 253 g/mol. The Kier molecular flexibility index (Phi) is 3.16. The van der Waals surface area contributed by atoms with E-state index < -0.39 is 12.1 Å². The predicted octanol–water partition coefficient (Wildman–Crippen LogP) is 1.86. The van der Waals surface area contributed by atoms with Gasteiger partial charge in [-0.15, -0.1) is 0 Å². The topological polar surface area (TPSA) is 59.1 Å². The molecule has 0 saturated heterocycles. The summed E-state index contributed by atoms with van der Waals surface area (Å²) >= 11 is 2.94. The van der Waals surface area contributed by atoms with Crippen LogP contribution in [0.2, 0.25) is 0 Å². The van der Waals surface area contributed by atoms with Crippen molar-refractivity contribution in [1.29, 1.82) is 0 Å².